The summed E-state index contributed by atoms with van der Waals surface area (Å²) in [7, 11) is 0. The van der Waals surface area contributed by atoms with E-state index in [0.717, 1.165) is 17.7 Å². The number of aryl methyl sites for hydroxylation is 2. The van der Waals surface area contributed by atoms with Gasteiger partial charge in [0.05, 0.1) is 11.3 Å². The lowest BCUT2D eigenvalue weighted by Crippen LogP contribution is -2.03. The standard InChI is InChI=1S/C16H15N3/c17-10-14-7-8-15(19-16(14)18)13-6-5-11-3-1-2-4-12(11)9-13/h5-9H,1-4H2,(H2,18,19). The number of hydrogen-bond donors (Lipinski definition) is 1. The van der Waals surface area contributed by atoms with Crippen molar-refractivity contribution in [3.63, 3.8) is 0 Å². The Morgan fingerprint density at radius 3 is 2.58 bits per heavy atom. The number of pyridine rings is 1. The van der Waals surface area contributed by atoms with E-state index in [1.165, 1.54) is 30.4 Å². The number of fused-ring (bicyclic) bond motifs is 1. The Hall–Kier alpha value is -2.34. The van der Waals surface area contributed by atoms with Gasteiger partial charge in [-0.25, -0.2) is 4.98 Å². The van der Waals surface area contributed by atoms with Crippen molar-refractivity contribution in [2.75, 3.05) is 5.73 Å². The van der Waals surface area contributed by atoms with Crippen molar-refractivity contribution in [3.8, 4) is 17.3 Å². The van der Waals surface area contributed by atoms with Gasteiger partial charge < -0.3 is 5.73 Å². The molecule has 2 aromatic rings. The van der Waals surface area contributed by atoms with E-state index in [4.69, 9.17) is 11.0 Å². The van der Waals surface area contributed by atoms with E-state index in [-0.39, 0.29) is 0 Å². The summed E-state index contributed by atoms with van der Waals surface area (Å²) in [5.41, 5.74) is 11.0. The number of hydrogen-bond acceptors (Lipinski definition) is 3. The fourth-order valence-corrected chi connectivity index (χ4v) is 2.62. The molecule has 19 heavy (non-hydrogen) atoms. The highest BCUT2D eigenvalue weighted by molar-refractivity contribution is 5.65. The minimum absolute atomic E-state index is 0.303. The zero-order valence-electron chi connectivity index (χ0n) is 10.7. The van der Waals surface area contributed by atoms with Gasteiger partial charge in [0, 0.05) is 5.56 Å². The summed E-state index contributed by atoms with van der Waals surface area (Å²) >= 11 is 0. The van der Waals surface area contributed by atoms with Crippen molar-refractivity contribution in [3.05, 3.63) is 47.0 Å². The van der Waals surface area contributed by atoms with Crippen LogP contribution in [0.1, 0.15) is 29.5 Å². The van der Waals surface area contributed by atoms with Gasteiger partial charge in [0.2, 0.25) is 0 Å². The Bertz CT molecular complexity index is 668. The number of nitrogen functional groups attached to an aromatic ring is 1. The summed E-state index contributed by atoms with van der Waals surface area (Å²) < 4.78 is 0. The van der Waals surface area contributed by atoms with Crippen molar-refractivity contribution in [1.82, 2.24) is 4.98 Å². The molecular formula is C16H15N3. The zero-order valence-corrected chi connectivity index (χ0v) is 10.7. The van der Waals surface area contributed by atoms with E-state index in [2.05, 4.69) is 23.2 Å². The summed E-state index contributed by atoms with van der Waals surface area (Å²) in [4.78, 5) is 4.32. The number of nitrogens with zero attached hydrogens (tertiary/aromatic N) is 2. The van der Waals surface area contributed by atoms with Crippen LogP contribution in [0.25, 0.3) is 11.3 Å². The molecule has 0 spiro atoms. The maximum atomic E-state index is 8.87. The molecule has 0 saturated carbocycles. The minimum Gasteiger partial charge on any atom is -0.383 e. The third-order valence-electron chi connectivity index (χ3n) is 3.69. The summed E-state index contributed by atoms with van der Waals surface area (Å²) in [6, 6.07) is 12.1. The first-order valence-electron chi connectivity index (χ1n) is 6.57. The van der Waals surface area contributed by atoms with Gasteiger partial charge in [0.15, 0.2) is 0 Å². The fraction of sp³-hybridized carbons (Fsp3) is 0.250. The van der Waals surface area contributed by atoms with Crippen LogP contribution < -0.4 is 5.73 Å². The number of benzene rings is 1. The SMILES string of the molecule is N#Cc1ccc(-c2ccc3c(c2)CCCC3)nc1N. The Balaban J connectivity index is 2.03. The summed E-state index contributed by atoms with van der Waals surface area (Å²) in [5.74, 6) is 0.303. The van der Waals surface area contributed by atoms with E-state index in [1.807, 2.05) is 12.1 Å². The van der Waals surface area contributed by atoms with Crippen LogP contribution in [0.2, 0.25) is 0 Å². The van der Waals surface area contributed by atoms with E-state index < -0.39 is 0 Å². The Morgan fingerprint density at radius 1 is 1.05 bits per heavy atom. The van der Waals surface area contributed by atoms with Crippen molar-refractivity contribution in [1.29, 1.82) is 5.26 Å². The van der Waals surface area contributed by atoms with E-state index >= 15 is 0 Å². The maximum Gasteiger partial charge on any atom is 0.142 e. The van der Waals surface area contributed by atoms with Crippen molar-refractivity contribution < 1.29 is 0 Å². The molecule has 0 saturated heterocycles. The maximum absolute atomic E-state index is 8.87. The fourth-order valence-electron chi connectivity index (χ4n) is 2.62. The molecule has 94 valence electrons. The van der Waals surface area contributed by atoms with Gasteiger partial charge in [-0.3, -0.25) is 0 Å². The molecule has 3 rings (SSSR count). The van der Waals surface area contributed by atoms with Crippen LogP contribution in [-0.2, 0) is 12.8 Å². The molecule has 0 unspecified atom stereocenters. The summed E-state index contributed by atoms with van der Waals surface area (Å²) in [6.07, 6.45) is 4.88. The van der Waals surface area contributed by atoms with E-state index in [9.17, 15) is 0 Å². The molecule has 0 aliphatic heterocycles. The first-order valence-corrected chi connectivity index (χ1v) is 6.57. The highest BCUT2D eigenvalue weighted by Gasteiger charge is 2.11. The number of anilines is 1. The van der Waals surface area contributed by atoms with Crippen molar-refractivity contribution in [2.45, 2.75) is 25.7 Å². The second-order valence-corrected chi connectivity index (χ2v) is 4.93. The largest absolute Gasteiger partial charge is 0.383 e. The lowest BCUT2D eigenvalue weighted by Gasteiger charge is -2.16. The van der Waals surface area contributed by atoms with Crippen LogP contribution in [0.3, 0.4) is 0 Å². The minimum atomic E-state index is 0.303. The van der Waals surface area contributed by atoms with E-state index in [1.54, 1.807) is 6.07 Å². The predicted octanol–water partition coefficient (Wildman–Crippen LogP) is 3.08. The molecule has 0 atom stereocenters. The van der Waals surface area contributed by atoms with Gasteiger partial charge in [-0.15, -0.1) is 0 Å². The van der Waals surface area contributed by atoms with Gasteiger partial charge in [-0.05, 0) is 55.0 Å². The molecule has 1 aliphatic rings. The number of rotatable bonds is 1. The van der Waals surface area contributed by atoms with Crippen LogP contribution in [0.15, 0.2) is 30.3 Å². The van der Waals surface area contributed by atoms with Crippen molar-refractivity contribution in [2.24, 2.45) is 0 Å². The Morgan fingerprint density at radius 2 is 1.84 bits per heavy atom. The highest BCUT2D eigenvalue weighted by atomic mass is 14.8. The molecule has 0 amide bonds. The highest BCUT2D eigenvalue weighted by Crippen LogP contribution is 2.27. The zero-order chi connectivity index (χ0) is 13.2. The average molecular weight is 249 g/mol. The Labute approximate surface area is 112 Å². The molecule has 1 aromatic carbocycles. The normalized spacial score (nSPS) is 13.6. The van der Waals surface area contributed by atoms with Crippen LogP contribution in [0, 0.1) is 11.3 Å². The second-order valence-electron chi connectivity index (χ2n) is 4.93. The van der Waals surface area contributed by atoms with Gasteiger partial charge >= 0.3 is 0 Å². The lowest BCUT2D eigenvalue weighted by molar-refractivity contribution is 0.686. The molecule has 1 aromatic heterocycles. The molecule has 0 bridgehead atoms. The monoisotopic (exact) mass is 249 g/mol. The Kier molecular flexibility index (Phi) is 2.92. The molecule has 3 heteroatoms. The van der Waals surface area contributed by atoms with Gasteiger partial charge in [0.1, 0.15) is 11.9 Å². The lowest BCUT2D eigenvalue weighted by atomic mass is 9.90. The quantitative estimate of drug-likeness (QED) is 0.844. The van der Waals surface area contributed by atoms with Gasteiger partial charge in [-0.1, -0.05) is 12.1 Å². The number of aromatic nitrogens is 1. The molecule has 0 radical (unpaired) electrons. The van der Waals surface area contributed by atoms with Crippen molar-refractivity contribution >= 4 is 5.82 Å². The van der Waals surface area contributed by atoms with Gasteiger partial charge in [-0.2, -0.15) is 5.26 Å². The van der Waals surface area contributed by atoms with Crippen LogP contribution in [-0.4, -0.2) is 4.98 Å². The van der Waals surface area contributed by atoms with Crippen LogP contribution >= 0.6 is 0 Å². The number of nitriles is 1. The van der Waals surface area contributed by atoms with Crippen LogP contribution in [0.4, 0.5) is 5.82 Å². The third-order valence-corrected chi connectivity index (χ3v) is 3.69. The average Bonchev–Trinajstić information content (AvgIpc) is 2.46. The van der Waals surface area contributed by atoms with Crippen LogP contribution in [0.5, 0.6) is 0 Å². The second kappa shape index (κ2) is 4.74. The predicted molar refractivity (Wildman–Crippen MR) is 75.4 cm³/mol. The third kappa shape index (κ3) is 2.17. The topological polar surface area (TPSA) is 62.7 Å². The first kappa shape index (κ1) is 11.7. The van der Waals surface area contributed by atoms with Gasteiger partial charge in [0.25, 0.3) is 0 Å². The summed E-state index contributed by atoms with van der Waals surface area (Å²) in [6.45, 7) is 0. The molecule has 0 fully saturated rings. The summed E-state index contributed by atoms with van der Waals surface area (Å²) in [5, 5.41) is 8.87. The number of nitrogens with two attached hydrogens (primary N) is 1. The molecule has 2 N–H and O–H groups in total. The molecule has 1 heterocycles. The smallest absolute Gasteiger partial charge is 0.142 e. The molecule has 1 aliphatic carbocycles. The molecular weight excluding hydrogens is 234 g/mol. The molecule has 3 nitrogen and oxygen atoms in total. The van der Waals surface area contributed by atoms with E-state index in [0.29, 0.717) is 11.4 Å². The first-order chi connectivity index (χ1) is 9.28.